The third-order valence-corrected chi connectivity index (χ3v) is 2.40. The Morgan fingerprint density at radius 1 is 1.64 bits per heavy atom. The van der Waals surface area contributed by atoms with E-state index in [1.165, 1.54) is 0 Å². The molecule has 0 aromatic heterocycles. The van der Waals surface area contributed by atoms with Crippen LogP contribution in [-0.2, 0) is 9.53 Å². The molecule has 1 saturated heterocycles. The van der Waals surface area contributed by atoms with Crippen LogP contribution < -0.4 is 5.73 Å². The van der Waals surface area contributed by atoms with Gasteiger partial charge in [0.25, 0.3) is 0 Å². The monoisotopic (exact) mass is 200 g/mol. The molecule has 1 fully saturated rings. The SMILES string of the molecule is CCCOC1CCCN(CC(N)=O)C1. The van der Waals surface area contributed by atoms with E-state index in [0.29, 0.717) is 12.6 Å². The largest absolute Gasteiger partial charge is 0.377 e. The molecule has 1 amide bonds. The van der Waals surface area contributed by atoms with Crippen LogP contribution in [0, 0.1) is 0 Å². The quantitative estimate of drug-likeness (QED) is 0.697. The van der Waals surface area contributed by atoms with Crippen molar-refractivity contribution >= 4 is 5.91 Å². The molecule has 0 aromatic rings. The van der Waals surface area contributed by atoms with Crippen LogP contribution in [0.5, 0.6) is 0 Å². The molecule has 0 saturated carbocycles. The van der Waals surface area contributed by atoms with Gasteiger partial charge in [-0.1, -0.05) is 6.92 Å². The first-order valence-electron chi connectivity index (χ1n) is 5.34. The molecule has 2 N–H and O–H groups in total. The maximum atomic E-state index is 10.7. The number of hydrogen-bond donors (Lipinski definition) is 1. The number of nitrogens with two attached hydrogens (primary N) is 1. The second-order valence-corrected chi connectivity index (χ2v) is 3.84. The number of nitrogens with zero attached hydrogens (tertiary/aromatic N) is 1. The number of piperidine rings is 1. The lowest BCUT2D eigenvalue weighted by atomic mass is 10.1. The van der Waals surface area contributed by atoms with Crippen LogP contribution >= 0.6 is 0 Å². The standard InChI is InChI=1S/C10H20N2O2/c1-2-6-14-9-4-3-5-12(7-9)8-10(11)13/h9H,2-8H2,1H3,(H2,11,13). The number of primary amides is 1. The molecule has 1 rings (SSSR count). The summed E-state index contributed by atoms with van der Waals surface area (Å²) in [6.07, 6.45) is 3.55. The van der Waals surface area contributed by atoms with Gasteiger partial charge in [0.1, 0.15) is 0 Å². The highest BCUT2D eigenvalue weighted by Gasteiger charge is 2.20. The summed E-state index contributed by atoms with van der Waals surface area (Å²) >= 11 is 0. The second kappa shape index (κ2) is 5.98. The van der Waals surface area contributed by atoms with Crippen molar-refractivity contribution in [2.45, 2.75) is 32.3 Å². The number of likely N-dealkylation sites (tertiary alicyclic amines) is 1. The average molecular weight is 200 g/mol. The van der Waals surface area contributed by atoms with Crippen molar-refractivity contribution in [1.82, 2.24) is 4.90 Å². The Morgan fingerprint density at radius 3 is 3.07 bits per heavy atom. The molecule has 0 radical (unpaired) electrons. The van der Waals surface area contributed by atoms with Crippen molar-refractivity contribution in [3.8, 4) is 0 Å². The van der Waals surface area contributed by atoms with Gasteiger partial charge in [0.2, 0.25) is 5.91 Å². The highest BCUT2D eigenvalue weighted by atomic mass is 16.5. The zero-order valence-electron chi connectivity index (χ0n) is 8.87. The summed E-state index contributed by atoms with van der Waals surface area (Å²) in [5.41, 5.74) is 5.15. The average Bonchev–Trinajstić information content (AvgIpc) is 2.14. The van der Waals surface area contributed by atoms with Crippen molar-refractivity contribution < 1.29 is 9.53 Å². The number of ether oxygens (including phenoxy) is 1. The lowest BCUT2D eigenvalue weighted by Crippen LogP contribution is -2.43. The second-order valence-electron chi connectivity index (χ2n) is 3.84. The van der Waals surface area contributed by atoms with E-state index in [1.807, 2.05) is 0 Å². The van der Waals surface area contributed by atoms with E-state index in [0.717, 1.165) is 39.0 Å². The van der Waals surface area contributed by atoms with E-state index in [9.17, 15) is 4.79 Å². The van der Waals surface area contributed by atoms with Crippen molar-refractivity contribution in [3.05, 3.63) is 0 Å². The molecule has 0 aromatic carbocycles. The number of amides is 1. The lowest BCUT2D eigenvalue weighted by Gasteiger charge is -2.31. The molecule has 0 bridgehead atoms. The van der Waals surface area contributed by atoms with Crippen LogP contribution in [0.4, 0.5) is 0 Å². The Balaban J connectivity index is 2.24. The fraction of sp³-hybridized carbons (Fsp3) is 0.900. The smallest absolute Gasteiger partial charge is 0.231 e. The predicted molar refractivity (Wildman–Crippen MR) is 54.9 cm³/mol. The maximum Gasteiger partial charge on any atom is 0.231 e. The predicted octanol–water partition coefficient (Wildman–Crippen LogP) is 0.363. The maximum absolute atomic E-state index is 10.7. The molecule has 1 atom stereocenters. The van der Waals surface area contributed by atoms with Gasteiger partial charge >= 0.3 is 0 Å². The number of rotatable bonds is 5. The minimum absolute atomic E-state index is 0.249. The van der Waals surface area contributed by atoms with E-state index < -0.39 is 0 Å². The third-order valence-electron chi connectivity index (χ3n) is 2.40. The molecule has 1 heterocycles. The Kier molecular flexibility index (Phi) is 4.90. The highest BCUT2D eigenvalue weighted by Crippen LogP contribution is 2.12. The first-order chi connectivity index (χ1) is 6.72. The summed E-state index contributed by atoms with van der Waals surface area (Å²) in [7, 11) is 0. The summed E-state index contributed by atoms with van der Waals surface area (Å²) < 4.78 is 5.65. The van der Waals surface area contributed by atoms with Crippen LogP contribution in [0.1, 0.15) is 26.2 Å². The van der Waals surface area contributed by atoms with Crippen molar-refractivity contribution in [2.24, 2.45) is 5.73 Å². The fourth-order valence-corrected chi connectivity index (χ4v) is 1.80. The van der Waals surface area contributed by atoms with Gasteiger partial charge in [-0.25, -0.2) is 0 Å². The normalized spacial score (nSPS) is 23.6. The van der Waals surface area contributed by atoms with E-state index in [4.69, 9.17) is 10.5 Å². The molecule has 0 aliphatic carbocycles. The molecule has 14 heavy (non-hydrogen) atoms. The van der Waals surface area contributed by atoms with Gasteiger partial charge in [0, 0.05) is 13.2 Å². The highest BCUT2D eigenvalue weighted by molar-refractivity contribution is 5.75. The van der Waals surface area contributed by atoms with Gasteiger partial charge in [-0.2, -0.15) is 0 Å². The van der Waals surface area contributed by atoms with E-state index in [2.05, 4.69) is 11.8 Å². The number of hydrogen-bond acceptors (Lipinski definition) is 3. The topological polar surface area (TPSA) is 55.6 Å². The molecule has 82 valence electrons. The summed E-state index contributed by atoms with van der Waals surface area (Å²) in [6.45, 7) is 5.10. The zero-order chi connectivity index (χ0) is 10.4. The van der Waals surface area contributed by atoms with Crippen LogP contribution in [0.3, 0.4) is 0 Å². The van der Waals surface area contributed by atoms with E-state index in [1.54, 1.807) is 0 Å². The Bertz CT molecular complexity index is 185. The van der Waals surface area contributed by atoms with Gasteiger partial charge in [-0.15, -0.1) is 0 Å². The van der Waals surface area contributed by atoms with Gasteiger partial charge in [-0.3, -0.25) is 9.69 Å². The molecule has 0 spiro atoms. The molecule has 4 heteroatoms. The summed E-state index contributed by atoms with van der Waals surface area (Å²) in [5, 5.41) is 0. The fourth-order valence-electron chi connectivity index (χ4n) is 1.80. The Hall–Kier alpha value is -0.610. The lowest BCUT2D eigenvalue weighted by molar-refractivity contribution is -0.120. The number of carbonyl (C=O) groups excluding carboxylic acids is 1. The molecule has 1 aliphatic rings. The van der Waals surface area contributed by atoms with E-state index in [-0.39, 0.29) is 5.91 Å². The van der Waals surface area contributed by atoms with Gasteiger partial charge < -0.3 is 10.5 Å². The Labute approximate surface area is 85.4 Å². The Morgan fingerprint density at radius 2 is 2.43 bits per heavy atom. The molecular formula is C10H20N2O2. The number of carbonyl (C=O) groups is 1. The first kappa shape index (κ1) is 11.5. The molecule has 1 aliphatic heterocycles. The van der Waals surface area contributed by atoms with Crippen LogP contribution in [0.15, 0.2) is 0 Å². The van der Waals surface area contributed by atoms with Gasteiger partial charge in [0.05, 0.1) is 12.6 Å². The van der Waals surface area contributed by atoms with Gasteiger partial charge in [0.15, 0.2) is 0 Å². The van der Waals surface area contributed by atoms with Crippen molar-refractivity contribution in [2.75, 3.05) is 26.2 Å². The molecule has 4 nitrogen and oxygen atoms in total. The summed E-state index contributed by atoms with van der Waals surface area (Å²) in [6, 6.07) is 0. The summed E-state index contributed by atoms with van der Waals surface area (Å²) in [5.74, 6) is -0.249. The van der Waals surface area contributed by atoms with Crippen molar-refractivity contribution in [1.29, 1.82) is 0 Å². The van der Waals surface area contributed by atoms with Crippen molar-refractivity contribution in [3.63, 3.8) is 0 Å². The zero-order valence-corrected chi connectivity index (χ0v) is 8.87. The van der Waals surface area contributed by atoms with Crippen LogP contribution in [0.25, 0.3) is 0 Å². The van der Waals surface area contributed by atoms with E-state index >= 15 is 0 Å². The molecule has 1 unspecified atom stereocenters. The summed E-state index contributed by atoms with van der Waals surface area (Å²) in [4.78, 5) is 12.8. The van der Waals surface area contributed by atoms with Gasteiger partial charge in [-0.05, 0) is 25.8 Å². The third kappa shape index (κ3) is 4.07. The van der Waals surface area contributed by atoms with Crippen LogP contribution in [-0.4, -0.2) is 43.2 Å². The molecular weight excluding hydrogens is 180 g/mol. The first-order valence-corrected chi connectivity index (χ1v) is 5.34. The van der Waals surface area contributed by atoms with Crippen LogP contribution in [0.2, 0.25) is 0 Å². The minimum atomic E-state index is -0.249. The minimum Gasteiger partial charge on any atom is -0.377 e.